The molecule has 2 aromatic heterocycles. The number of anilines is 6. The molecule has 0 aliphatic carbocycles. The van der Waals surface area contributed by atoms with E-state index in [9.17, 15) is 0 Å². The molecule has 0 spiro atoms. The Labute approximate surface area is 395 Å². The Morgan fingerprint density at radius 3 is 0.803 bits per heavy atom. The van der Waals surface area contributed by atoms with E-state index in [1.165, 1.54) is 30.6 Å². The van der Waals surface area contributed by atoms with Crippen LogP contribution in [0.1, 0.15) is 20.9 Å². The lowest BCUT2D eigenvalue weighted by atomic mass is 10.1. The summed E-state index contributed by atoms with van der Waals surface area (Å²) in [5, 5.41) is 0. The number of rotatable bonds is 16. The van der Waals surface area contributed by atoms with Crippen LogP contribution in [0.15, 0.2) is 194 Å². The van der Waals surface area contributed by atoms with E-state index in [2.05, 4.69) is 180 Å². The lowest BCUT2D eigenvalue weighted by molar-refractivity contribution is 0.414. The molecule has 326 valence electrons. The number of thiophene rings is 2. The number of hydrogen-bond acceptors (Lipinski definition) is 8. The van der Waals surface area contributed by atoms with E-state index in [1.807, 2.05) is 48.5 Å². The predicted molar refractivity (Wildman–Crippen MR) is 279 cm³/mol. The molecule has 0 atom stereocenters. The summed E-state index contributed by atoms with van der Waals surface area (Å²) >= 11 is 3.57. The van der Waals surface area contributed by atoms with Gasteiger partial charge in [-0.1, -0.05) is 60.7 Å². The molecule has 7 aromatic carbocycles. The Kier molecular flexibility index (Phi) is 13.4. The number of nitrogens with zero attached hydrogens (tertiary/aromatic N) is 2. The number of benzene rings is 7. The van der Waals surface area contributed by atoms with Crippen molar-refractivity contribution in [3.8, 4) is 43.9 Å². The molecule has 6 nitrogen and oxygen atoms in total. The standard InChI is InChI=1S/C58H48N2O4S2/c1-61-51-27-19-47(20-28-51)59(48-21-29-52(62-2)30-22-48)45-15-11-43(12-16-45)57-39-37-55(65-57)35-9-41-5-7-42(8-6-41)10-36-56-38-40-58(66-56)44-13-17-46(18-14-44)60(49-23-31-53(63-3)32-24-49)50-25-33-54(64-4)34-26-50/h5-40H,1-4H3/b35-9+,36-10+. The maximum atomic E-state index is 5.42. The van der Waals surface area contributed by atoms with Gasteiger partial charge >= 0.3 is 0 Å². The Balaban J connectivity index is 0.833. The van der Waals surface area contributed by atoms with E-state index in [-0.39, 0.29) is 0 Å². The molecule has 0 aliphatic rings. The van der Waals surface area contributed by atoms with Crippen LogP contribution in [0, 0.1) is 0 Å². The van der Waals surface area contributed by atoms with Gasteiger partial charge in [-0.15, -0.1) is 22.7 Å². The van der Waals surface area contributed by atoms with Crippen LogP contribution >= 0.6 is 22.7 Å². The van der Waals surface area contributed by atoms with Gasteiger partial charge in [-0.3, -0.25) is 0 Å². The van der Waals surface area contributed by atoms with Gasteiger partial charge in [0.1, 0.15) is 23.0 Å². The van der Waals surface area contributed by atoms with Gasteiger partial charge in [0, 0.05) is 53.6 Å². The average molecular weight is 901 g/mol. The highest BCUT2D eigenvalue weighted by atomic mass is 32.1. The fraction of sp³-hybridized carbons (Fsp3) is 0.0690. The molecule has 8 heteroatoms. The molecular formula is C58H48N2O4S2. The molecule has 0 amide bonds. The fourth-order valence-corrected chi connectivity index (χ4v) is 9.47. The van der Waals surface area contributed by atoms with Gasteiger partial charge in [-0.25, -0.2) is 0 Å². The van der Waals surface area contributed by atoms with E-state index in [0.29, 0.717) is 0 Å². The van der Waals surface area contributed by atoms with Crippen LogP contribution in [-0.4, -0.2) is 28.4 Å². The zero-order chi connectivity index (χ0) is 45.2. The highest BCUT2D eigenvalue weighted by Crippen LogP contribution is 2.40. The van der Waals surface area contributed by atoms with Crippen molar-refractivity contribution in [3.05, 3.63) is 215 Å². The number of methoxy groups -OCH3 is 4. The molecular weight excluding hydrogens is 853 g/mol. The third-order valence-electron chi connectivity index (χ3n) is 11.2. The summed E-state index contributed by atoms with van der Waals surface area (Å²) < 4.78 is 21.7. The van der Waals surface area contributed by atoms with Crippen LogP contribution in [0.4, 0.5) is 34.1 Å². The minimum atomic E-state index is 0.820. The second-order valence-electron chi connectivity index (χ2n) is 15.3. The summed E-state index contributed by atoms with van der Waals surface area (Å²) in [6, 6.07) is 67.4. The van der Waals surface area contributed by atoms with E-state index in [1.54, 1.807) is 51.1 Å². The third-order valence-corrected chi connectivity index (χ3v) is 13.4. The third kappa shape index (κ3) is 10.1. The van der Waals surface area contributed by atoms with Crippen LogP contribution < -0.4 is 28.7 Å². The van der Waals surface area contributed by atoms with Crippen molar-refractivity contribution < 1.29 is 18.9 Å². The van der Waals surface area contributed by atoms with Gasteiger partial charge in [0.2, 0.25) is 0 Å². The minimum absolute atomic E-state index is 0.820. The highest BCUT2D eigenvalue weighted by molar-refractivity contribution is 7.16. The summed E-state index contributed by atoms with van der Waals surface area (Å²) in [5.74, 6) is 3.28. The SMILES string of the molecule is COc1ccc(N(c2ccc(OC)cc2)c2ccc(-c3ccc(/C=C/c4ccc(/C=C/c5ccc(-c6ccc(N(c7ccc(OC)cc7)c7ccc(OC)cc7)cc6)s5)cc4)s3)cc2)cc1. The van der Waals surface area contributed by atoms with Crippen LogP contribution in [-0.2, 0) is 0 Å². The van der Waals surface area contributed by atoms with Gasteiger partial charge in [-0.05, 0) is 180 Å². The van der Waals surface area contributed by atoms with Gasteiger partial charge in [0.15, 0.2) is 0 Å². The zero-order valence-electron chi connectivity index (χ0n) is 37.1. The second kappa shape index (κ2) is 20.4. The molecule has 9 aromatic rings. The van der Waals surface area contributed by atoms with Gasteiger partial charge in [0.25, 0.3) is 0 Å². The highest BCUT2D eigenvalue weighted by Gasteiger charge is 2.16. The van der Waals surface area contributed by atoms with Crippen molar-refractivity contribution >= 4 is 81.1 Å². The van der Waals surface area contributed by atoms with Crippen molar-refractivity contribution in [2.75, 3.05) is 38.2 Å². The van der Waals surface area contributed by atoms with Crippen molar-refractivity contribution in [1.82, 2.24) is 0 Å². The second-order valence-corrected chi connectivity index (χ2v) is 17.5. The van der Waals surface area contributed by atoms with Crippen molar-refractivity contribution in [1.29, 1.82) is 0 Å². The molecule has 2 heterocycles. The molecule has 0 radical (unpaired) electrons. The van der Waals surface area contributed by atoms with E-state index >= 15 is 0 Å². The Bertz CT molecular complexity index is 2720. The molecule has 0 saturated heterocycles. The fourth-order valence-electron chi connectivity index (χ4n) is 7.64. The number of ether oxygens (including phenoxy) is 4. The van der Waals surface area contributed by atoms with Crippen LogP contribution in [0.2, 0.25) is 0 Å². The summed E-state index contributed by atoms with van der Waals surface area (Å²) in [4.78, 5) is 9.30. The molecule has 9 rings (SSSR count). The van der Waals surface area contributed by atoms with E-state index in [4.69, 9.17) is 18.9 Å². The average Bonchev–Trinajstić information content (AvgIpc) is 4.08. The first-order valence-corrected chi connectivity index (χ1v) is 23.1. The number of hydrogen-bond donors (Lipinski definition) is 0. The first-order valence-electron chi connectivity index (χ1n) is 21.5. The Morgan fingerprint density at radius 2 is 0.545 bits per heavy atom. The van der Waals surface area contributed by atoms with Crippen LogP contribution in [0.25, 0.3) is 45.2 Å². The molecule has 0 bridgehead atoms. The maximum absolute atomic E-state index is 5.42. The quantitative estimate of drug-likeness (QED) is 0.0963. The summed E-state index contributed by atoms with van der Waals surface area (Å²) in [6.07, 6.45) is 8.74. The zero-order valence-corrected chi connectivity index (χ0v) is 38.8. The molecule has 0 aliphatic heterocycles. The van der Waals surface area contributed by atoms with E-state index < -0.39 is 0 Å². The Hall–Kier alpha value is -7.78. The predicted octanol–water partition coefficient (Wildman–Crippen LogP) is 16.5. The summed E-state index contributed by atoms with van der Waals surface area (Å²) in [6.45, 7) is 0. The van der Waals surface area contributed by atoms with Crippen molar-refractivity contribution in [2.24, 2.45) is 0 Å². The first kappa shape index (κ1) is 43.5. The van der Waals surface area contributed by atoms with Crippen LogP contribution in [0.5, 0.6) is 23.0 Å². The normalized spacial score (nSPS) is 11.2. The summed E-state index contributed by atoms with van der Waals surface area (Å²) in [5.41, 5.74) is 10.9. The van der Waals surface area contributed by atoms with Gasteiger partial charge < -0.3 is 28.7 Å². The largest absolute Gasteiger partial charge is 0.497 e. The molecule has 0 N–H and O–H groups in total. The first-order chi connectivity index (χ1) is 32.5. The van der Waals surface area contributed by atoms with Gasteiger partial charge in [-0.2, -0.15) is 0 Å². The minimum Gasteiger partial charge on any atom is -0.497 e. The molecule has 0 saturated carbocycles. The molecule has 66 heavy (non-hydrogen) atoms. The topological polar surface area (TPSA) is 43.4 Å². The Morgan fingerprint density at radius 1 is 0.288 bits per heavy atom. The smallest absolute Gasteiger partial charge is 0.119 e. The van der Waals surface area contributed by atoms with Gasteiger partial charge in [0.05, 0.1) is 28.4 Å². The van der Waals surface area contributed by atoms with Crippen molar-refractivity contribution in [3.63, 3.8) is 0 Å². The monoisotopic (exact) mass is 900 g/mol. The lowest BCUT2D eigenvalue weighted by Crippen LogP contribution is -2.09. The summed E-state index contributed by atoms with van der Waals surface area (Å²) in [7, 11) is 6.74. The van der Waals surface area contributed by atoms with Crippen molar-refractivity contribution in [2.45, 2.75) is 0 Å². The van der Waals surface area contributed by atoms with Crippen LogP contribution in [0.3, 0.4) is 0 Å². The maximum Gasteiger partial charge on any atom is 0.119 e. The molecule has 0 unspecified atom stereocenters. The lowest BCUT2D eigenvalue weighted by Gasteiger charge is -2.26. The molecule has 0 fully saturated rings. The van der Waals surface area contributed by atoms with E-state index in [0.717, 1.165) is 68.2 Å².